The van der Waals surface area contributed by atoms with Crippen LogP contribution in [-0.2, 0) is 0 Å². The standard InChI is InChI=1S/C28H31N3O2/c1-20-18-26(21(2)31(20)25-12-13-25)27(32)19-29-14-16-30(17-15-29)28(33)24-10-8-23(9-11-24)22-6-4-3-5-7-22/h3-11,18,25H,12-17,19H2,1-2H3. The average molecular weight is 442 g/mol. The molecular weight excluding hydrogens is 410 g/mol. The Morgan fingerprint density at radius 2 is 1.48 bits per heavy atom. The van der Waals surface area contributed by atoms with Crippen LogP contribution >= 0.6 is 0 Å². The number of aryl methyl sites for hydroxylation is 1. The highest BCUT2D eigenvalue weighted by Crippen LogP contribution is 2.38. The molecule has 1 aliphatic carbocycles. The molecule has 5 nitrogen and oxygen atoms in total. The van der Waals surface area contributed by atoms with E-state index in [9.17, 15) is 9.59 Å². The van der Waals surface area contributed by atoms with E-state index in [1.54, 1.807) is 0 Å². The van der Waals surface area contributed by atoms with Crippen LogP contribution in [0.15, 0.2) is 60.7 Å². The summed E-state index contributed by atoms with van der Waals surface area (Å²) in [7, 11) is 0. The number of hydrogen-bond donors (Lipinski definition) is 0. The summed E-state index contributed by atoms with van der Waals surface area (Å²) in [5.74, 6) is 0.250. The molecule has 0 radical (unpaired) electrons. The van der Waals surface area contributed by atoms with Crippen molar-refractivity contribution in [2.45, 2.75) is 32.7 Å². The molecule has 0 unspecified atom stereocenters. The van der Waals surface area contributed by atoms with Gasteiger partial charge in [-0.2, -0.15) is 0 Å². The summed E-state index contributed by atoms with van der Waals surface area (Å²) in [5.41, 5.74) is 6.12. The number of carbonyl (C=O) groups excluding carboxylic acids is 2. The Hall–Kier alpha value is -3.18. The molecule has 5 heteroatoms. The lowest BCUT2D eigenvalue weighted by atomic mass is 10.0. The van der Waals surface area contributed by atoms with Crippen LogP contribution in [0.2, 0.25) is 0 Å². The smallest absolute Gasteiger partial charge is 0.253 e. The summed E-state index contributed by atoms with van der Waals surface area (Å²) < 4.78 is 2.33. The first kappa shape index (κ1) is 21.7. The number of Topliss-reactive ketones (excluding diaryl/α,β-unsaturated/α-hetero) is 1. The molecule has 1 aliphatic heterocycles. The zero-order valence-corrected chi connectivity index (χ0v) is 19.5. The molecule has 5 rings (SSSR count). The molecule has 0 bridgehead atoms. The summed E-state index contributed by atoms with van der Waals surface area (Å²) in [5, 5.41) is 0. The van der Waals surface area contributed by atoms with Crippen molar-refractivity contribution < 1.29 is 9.59 Å². The highest BCUT2D eigenvalue weighted by atomic mass is 16.2. The van der Waals surface area contributed by atoms with Gasteiger partial charge in [-0.1, -0.05) is 42.5 Å². The first-order chi connectivity index (χ1) is 16.0. The van der Waals surface area contributed by atoms with E-state index in [1.165, 1.54) is 18.5 Å². The average Bonchev–Trinajstić information content (AvgIpc) is 3.63. The van der Waals surface area contributed by atoms with Gasteiger partial charge in [-0.15, -0.1) is 0 Å². The van der Waals surface area contributed by atoms with Crippen LogP contribution in [-0.4, -0.2) is 58.8 Å². The van der Waals surface area contributed by atoms with E-state index in [2.05, 4.69) is 41.5 Å². The predicted octanol–water partition coefficient (Wildman–Crippen LogP) is 4.75. The quantitative estimate of drug-likeness (QED) is 0.519. The van der Waals surface area contributed by atoms with Gasteiger partial charge in [0.15, 0.2) is 5.78 Å². The Kier molecular flexibility index (Phi) is 5.90. The van der Waals surface area contributed by atoms with Crippen LogP contribution in [0.25, 0.3) is 11.1 Å². The SMILES string of the molecule is Cc1cc(C(=O)CN2CCN(C(=O)c3ccc(-c4ccccc4)cc3)CC2)c(C)n1C1CC1. The van der Waals surface area contributed by atoms with Crippen LogP contribution in [0.4, 0.5) is 0 Å². The highest BCUT2D eigenvalue weighted by molar-refractivity contribution is 5.99. The molecule has 1 amide bonds. The Balaban J connectivity index is 1.17. The van der Waals surface area contributed by atoms with E-state index in [1.807, 2.05) is 47.4 Å². The molecule has 0 atom stereocenters. The molecule has 2 heterocycles. The molecule has 2 aromatic carbocycles. The van der Waals surface area contributed by atoms with E-state index >= 15 is 0 Å². The van der Waals surface area contributed by atoms with E-state index in [0.29, 0.717) is 31.2 Å². The van der Waals surface area contributed by atoms with Crippen molar-refractivity contribution in [3.63, 3.8) is 0 Å². The first-order valence-electron chi connectivity index (χ1n) is 11.9. The summed E-state index contributed by atoms with van der Waals surface area (Å²) in [6, 6.07) is 20.7. The van der Waals surface area contributed by atoms with Crippen molar-refractivity contribution in [3.8, 4) is 11.1 Å². The second kappa shape index (κ2) is 8.99. The minimum atomic E-state index is 0.0635. The molecule has 0 spiro atoms. The number of hydrogen-bond acceptors (Lipinski definition) is 3. The third-order valence-electron chi connectivity index (χ3n) is 6.96. The molecule has 3 aromatic rings. The number of carbonyl (C=O) groups is 2. The number of benzene rings is 2. The minimum absolute atomic E-state index is 0.0635. The van der Waals surface area contributed by atoms with Crippen LogP contribution < -0.4 is 0 Å². The Morgan fingerprint density at radius 1 is 0.848 bits per heavy atom. The maximum atomic E-state index is 13.0. The fourth-order valence-corrected chi connectivity index (χ4v) is 4.97. The second-order valence-corrected chi connectivity index (χ2v) is 9.32. The molecule has 2 fully saturated rings. The predicted molar refractivity (Wildman–Crippen MR) is 131 cm³/mol. The third kappa shape index (κ3) is 4.51. The van der Waals surface area contributed by atoms with E-state index < -0.39 is 0 Å². The van der Waals surface area contributed by atoms with Gasteiger partial charge < -0.3 is 9.47 Å². The van der Waals surface area contributed by atoms with Crippen LogP contribution in [0.1, 0.15) is 51.0 Å². The van der Waals surface area contributed by atoms with Gasteiger partial charge in [-0.3, -0.25) is 14.5 Å². The van der Waals surface area contributed by atoms with E-state index in [-0.39, 0.29) is 11.7 Å². The maximum Gasteiger partial charge on any atom is 0.253 e. The summed E-state index contributed by atoms with van der Waals surface area (Å²) in [4.78, 5) is 30.1. The number of rotatable bonds is 6. The van der Waals surface area contributed by atoms with Crippen molar-refractivity contribution in [2.75, 3.05) is 32.7 Å². The lowest BCUT2D eigenvalue weighted by Crippen LogP contribution is -2.49. The molecule has 33 heavy (non-hydrogen) atoms. The van der Waals surface area contributed by atoms with Crippen LogP contribution in [0.5, 0.6) is 0 Å². The van der Waals surface area contributed by atoms with Gasteiger partial charge >= 0.3 is 0 Å². The van der Waals surface area contributed by atoms with E-state index in [0.717, 1.165) is 35.5 Å². The first-order valence-corrected chi connectivity index (χ1v) is 11.9. The molecule has 0 N–H and O–H groups in total. The fraction of sp³-hybridized carbons (Fsp3) is 0.357. The molecule has 2 aliphatic rings. The van der Waals surface area contributed by atoms with E-state index in [4.69, 9.17) is 0 Å². The van der Waals surface area contributed by atoms with Crippen molar-refractivity contribution in [1.82, 2.24) is 14.4 Å². The van der Waals surface area contributed by atoms with Gasteiger partial charge in [-0.25, -0.2) is 0 Å². The van der Waals surface area contributed by atoms with Gasteiger partial charge in [0.2, 0.25) is 0 Å². The lowest BCUT2D eigenvalue weighted by molar-refractivity contribution is 0.0624. The monoisotopic (exact) mass is 441 g/mol. The molecule has 1 saturated carbocycles. The maximum absolute atomic E-state index is 13.0. The molecule has 170 valence electrons. The normalized spacial score (nSPS) is 16.7. The Morgan fingerprint density at radius 3 is 2.12 bits per heavy atom. The van der Waals surface area contributed by atoms with Crippen molar-refractivity contribution in [1.29, 1.82) is 0 Å². The minimum Gasteiger partial charge on any atom is -0.345 e. The highest BCUT2D eigenvalue weighted by Gasteiger charge is 2.29. The largest absolute Gasteiger partial charge is 0.345 e. The third-order valence-corrected chi connectivity index (χ3v) is 6.96. The fourth-order valence-electron chi connectivity index (χ4n) is 4.97. The summed E-state index contributed by atoms with van der Waals surface area (Å²) in [6.45, 7) is 7.32. The van der Waals surface area contributed by atoms with Gasteiger partial charge in [0.25, 0.3) is 5.91 Å². The number of aromatic nitrogens is 1. The lowest BCUT2D eigenvalue weighted by Gasteiger charge is -2.34. The number of amides is 1. The summed E-state index contributed by atoms with van der Waals surface area (Å²) >= 11 is 0. The van der Waals surface area contributed by atoms with Gasteiger partial charge in [0.1, 0.15) is 0 Å². The Bertz CT molecular complexity index is 1150. The van der Waals surface area contributed by atoms with Gasteiger partial charge in [-0.05, 0) is 56.0 Å². The van der Waals surface area contributed by atoms with Gasteiger partial charge in [0.05, 0.1) is 6.54 Å². The summed E-state index contributed by atoms with van der Waals surface area (Å²) in [6.07, 6.45) is 2.43. The van der Waals surface area contributed by atoms with Crippen LogP contribution in [0, 0.1) is 13.8 Å². The Labute approximate surface area is 195 Å². The number of piperazine rings is 1. The second-order valence-electron chi connectivity index (χ2n) is 9.32. The van der Waals surface area contributed by atoms with Crippen molar-refractivity contribution in [3.05, 3.63) is 83.2 Å². The molecule has 1 saturated heterocycles. The van der Waals surface area contributed by atoms with Gasteiger partial charge in [0, 0.05) is 54.7 Å². The number of nitrogens with zero attached hydrogens (tertiary/aromatic N) is 3. The molecule has 1 aromatic heterocycles. The van der Waals surface area contributed by atoms with Crippen molar-refractivity contribution in [2.24, 2.45) is 0 Å². The number of ketones is 1. The zero-order chi connectivity index (χ0) is 22.9. The molecular formula is C28H31N3O2. The van der Waals surface area contributed by atoms with Crippen LogP contribution in [0.3, 0.4) is 0 Å². The van der Waals surface area contributed by atoms with Crippen molar-refractivity contribution >= 4 is 11.7 Å². The zero-order valence-electron chi connectivity index (χ0n) is 19.5. The topological polar surface area (TPSA) is 45.6 Å².